The standard InChI is InChI=1S/C14H22N2S/c1-2-4-11-9(3-1)10-7-14-13(8-12(10)16-11)15-5-6-17-14/h5-6,9-16H,1-4,7-8H2. The summed E-state index contributed by atoms with van der Waals surface area (Å²) in [6.45, 7) is 0. The first-order valence-electron chi connectivity index (χ1n) is 7.24. The van der Waals surface area contributed by atoms with Crippen LogP contribution >= 0.6 is 11.8 Å². The van der Waals surface area contributed by atoms with Gasteiger partial charge < -0.3 is 10.6 Å². The molecule has 94 valence electrons. The van der Waals surface area contributed by atoms with E-state index in [0.29, 0.717) is 0 Å². The number of hydrogen-bond donors (Lipinski definition) is 2. The largest absolute Gasteiger partial charge is 0.387 e. The predicted molar refractivity (Wildman–Crippen MR) is 72.8 cm³/mol. The second kappa shape index (κ2) is 4.20. The van der Waals surface area contributed by atoms with Crippen LogP contribution < -0.4 is 10.6 Å². The minimum atomic E-state index is 0.721. The number of rotatable bonds is 0. The van der Waals surface area contributed by atoms with Crippen LogP contribution in [0, 0.1) is 11.8 Å². The molecule has 17 heavy (non-hydrogen) atoms. The first-order valence-corrected chi connectivity index (χ1v) is 8.19. The SMILES string of the molecule is C1=CSC2CC3C(CC2N1)NC1CCCCC13. The highest BCUT2D eigenvalue weighted by Gasteiger charge is 2.48. The summed E-state index contributed by atoms with van der Waals surface area (Å²) < 4.78 is 0. The fourth-order valence-corrected chi connectivity index (χ4v) is 5.72. The zero-order valence-electron chi connectivity index (χ0n) is 10.3. The quantitative estimate of drug-likeness (QED) is 0.690. The lowest BCUT2D eigenvalue weighted by molar-refractivity contribution is 0.218. The van der Waals surface area contributed by atoms with E-state index in [1.165, 1.54) is 38.5 Å². The van der Waals surface area contributed by atoms with Crippen LogP contribution in [0.15, 0.2) is 11.6 Å². The van der Waals surface area contributed by atoms with Crippen molar-refractivity contribution in [2.24, 2.45) is 11.8 Å². The van der Waals surface area contributed by atoms with Crippen molar-refractivity contribution < 1.29 is 0 Å². The molecule has 3 heteroatoms. The molecule has 2 saturated carbocycles. The Labute approximate surface area is 108 Å². The molecule has 6 unspecified atom stereocenters. The van der Waals surface area contributed by atoms with E-state index in [4.69, 9.17) is 0 Å². The summed E-state index contributed by atoms with van der Waals surface area (Å²) in [5.74, 6) is 1.98. The zero-order valence-corrected chi connectivity index (χ0v) is 11.1. The van der Waals surface area contributed by atoms with Gasteiger partial charge in [0, 0.05) is 29.6 Å². The van der Waals surface area contributed by atoms with Gasteiger partial charge in [-0.05, 0) is 42.9 Å². The molecular weight excluding hydrogens is 228 g/mol. The van der Waals surface area contributed by atoms with Gasteiger partial charge in [0.1, 0.15) is 0 Å². The molecule has 3 fully saturated rings. The van der Waals surface area contributed by atoms with E-state index < -0.39 is 0 Å². The molecule has 2 N–H and O–H groups in total. The molecule has 0 amide bonds. The van der Waals surface area contributed by atoms with Crippen LogP contribution in [0.1, 0.15) is 38.5 Å². The highest BCUT2D eigenvalue weighted by Crippen LogP contribution is 2.46. The van der Waals surface area contributed by atoms with Crippen molar-refractivity contribution in [1.82, 2.24) is 10.6 Å². The smallest absolute Gasteiger partial charge is 0.0393 e. The molecule has 0 aromatic rings. The van der Waals surface area contributed by atoms with Gasteiger partial charge in [-0.15, -0.1) is 11.8 Å². The maximum Gasteiger partial charge on any atom is 0.0393 e. The number of fused-ring (bicyclic) bond motifs is 4. The molecule has 2 aliphatic heterocycles. The van der Waals surface area contributed by atoms with E-state index in [1.54, 1.807) is 0 Å². The maximum absolute atomic E-state index is 3.95. The zero-order chi connectivity index (χ0) is 11.2. The van der Waals surface area contributed by atoms with Crippen molar-refractivity contribution in [1.29, 1.82) is 0 Å². The van der Waals surface area contributed by atoms with E-state index >= 15 is 0 Å². The fourth-order valence-electron chi connectivity index (χ4n) is 4.64. The Morgan fingerprint density at radius 3 is 2.88 bits per heavy atom. The Morgan fingerprint density at radius 2 is 1.88 bits per heavy atom. The van der Waals surface area contributed by atoms with Crippen LogP contribution in [-0.4, -0.2) is 23.4 Å². The van der Waals surface area contributed by atoms with Crippen molar-refractivity contribution >= 4 is 11.8 Å². The third-order valence-electron chi connectivity index (χ3n) is 5.41. The van der Waals surface area contributed by atoms with Crippen LogP contribution in [0.4, 0.5) is 0 Å². The van der Waals surface area contributed by atoms with Gasteiger partial charge in [-0.2, -0.15) is 0 Å². The van der Waals surface area contributed by atoms with Crippen LogP contribution in [0.25, 0.3) is 0 Å². The summed E-state index contributed by atoms with van der Waals surface area (Å²) in [7, 11) is 0. The summed E-state index contributed by atoms with van der Waals surface area (Å²) in [4.78, 5) is 0. The number of nitrogens with one attached hydrogen (secondary N) is 2. The highest BCUT2D eigenvalue weighted by atomic mass is 32.2. The summed E-state index contributed by atoms with van der Waals surface area (Å²) in [6.07, 6.45) is 10.8. The van der Waals surface area contributed by atoms with Gasteiger partial charge in [-0.1, -0.05) is 12.8 Å². The Morgan fingerprint density at radius 1 is 0.941 bits per heavy atom. The molecule has 0 bridgehead atoms. The second-order valence-electron chi connectivity index (χ2n) is 6.21. The van der Waals surface area contributed by atoms with Gasteiger partial charge in [0.15, 0.2) is 0 Å². The Balaban J connectivity index is 1.54. The van der Waals surface area contributed by atoms with Crippen molar-refractivity contribution in [3.63, 3.8) is 0 Å². The van der Waals surface area contributed by atoms with Gasteiger partial charge >= 0.3 is 0 Å². The van der Waals surface area contributed by atoms with Crippen LogP contribution in [0.2, 0.25) is 0 Å². The minimum absolute atomic E-state index is 0.721. The highest BCUT2D eigenvalue weighted by molar-refractivity contribution is 8.02. The molecule has 1 saturated heterocycles. The lowest BCUT2D eigenvalue weighted by Gasteiger charge is -2.41. The van der Waals surface area contributed by atoms with Crippen molar-refractivity contribution in [3.05, 3.63) is 11.6 Å². The van der Waals surface area contributed by atoms with E-state index in [1.807, 2.05) is 0 Å². The first kappa shape index (κ1) is 10.7. The van der Waals surface area contributed by atoms with Gasteiger partial charge in [0.2, 0.25) is 0 Å². The third-order valence-corrected chi connectivity index (χ3v) is 6.57. The molecule has 2 heterocycles. The van der Waals surface area contributed by atoms with Crippen LogP contribution in [0.5, 0.6) is 0 Å². The van der Waals surface area contributed by atoms with E-state index in [-0.39, 0.29) is 0 Å². The molecule has 4 aliphatic rings. The topological polar surface area (TPSA) is 24.1 Å². The normalized spacial score (nSPS) is 52.2. The molecule has 0 aromatic heterocycles. The van der Waals surface area contributed by atoms with Crippen molar-refractivity contribution in [3.8, 4) is 0 Å². The summed E-state index contributed by atoms with van der Waals surface area (Å²) in [5.41, 5.74) is 0. The molecular formula is C14H22N2S. The molecule has 6 atom stereocenters. The molecule has 4 rings (SSSR count). The first-order chi connectivity index (χ1) is 8.42. The average Bonchev–Trinajstić information content (AvgIpc) is 2.73. The van der Waals surface area contributed by atoms with Crippen LogP contribution in [0.3, 0.4) is 0 Å². The summed E-state index contributed by atoms with van der Waals surface area (Å²) in [6, 6.07) is 2.39. The molecule has 2 nitrogen and oxygen atoms in total. The van der Waals surface area contributed by atoms with Gasteiger partial charge in [0.05, 0.1) is 0 Å². The Hall–Kier alpha value is -0.150. The van der Waals surface area contributed by atoms with Gasteiger partial charge in [0.25, 0.3) is 0 Å². The predicted octanol–water partition coefficient (Wildman–Crippen LogP) is 2.47. The maximum atomic E-state index is 3.95. The van der Waals surface area contributed by atoms with Gasteiger partial charge in [-0.25, -0.2) is 0 Å². The summed E-state index contributed by atoms with van der Waals surface area (Å²) >= 11 is 2.06. The minimum Gasteiger partial charge on any atom is -0.387 e. The monoisotopic (exact) mass is 250 g/mol. The van der Waals surface area contributed by atoms with E-state index in [2.05, 4.69) is 34.0 Å². The van der Waals surface area contributed by atoms with Crippen molar-refractivity contribution in [2.75, 3.05) is 0 Å². The number of hydrogen-bond acceptors (Lipinski definition) is 3. The third kappa shape index (κ3) is 1.74. The van der Waals surface area contributed by atoms with Crippen LogP contribution in [-0.2, 0) is 0 Å². The Bertz CT molecular complexity index is 330. The Kier molecular flexibility index (Phi) is 2.65. The fraction of sp³-hybridized carbons (Fsp3) is 0.857. The van der Waals surface area contributed by atoms with Gasteiger partial charge in [-0.3, -0.25) is 0 Å². The lowest BCUT2D eigenvalue weighted by Crippen LogP contribution is -2.49. The average molecular weight is 250 g/mol. The molecule has 2 aliphatic carbocycles. The molecule has 0 aromatic carbocycles. The van der Waals surface area contributed by atoms with Crippen molar-refractivity contribution in [2.45, 2.75) is 61.9 Å². The summed E-state index contributed by atoms with van der Waals surface area (Å²) in [5, 5.41) is 10.6. The lowest BCUT2D eigenvalue weighted by atomic mass is 9.72. The van der Waals surface area contributed by atoms with E-state index in [0.717, 1.165) is 35.2 Å². The second-order valence-corrected chi connectivity index (χ2v) is 7.36. The van der Waals surface area contributed by atoms with E-state index in [9.17, 15) is 0 Å². The molecule has 0 radical (unpaired) electrons. The number of thioether (sulfide) groups is 1. The molecule has 0 spiro atoms.